The number of carbonyl (C=O) groups excluding carboxylic acids is 1. The first-order chi connectivity index (χ1) is 16.6. The van der Waals surface area contributed by atoms with Crippen molar-refractivity contribution in [1.29, 1.82) is 0 Å². The van der Waals surface area contributed by atoms with E-state index in [4.69, 9.17) is 15.7 Å². The Morgan fingerprint density at radius 1 is 0.824 bits per heavy atom. The van der Waals surface area contributed by atoms with Gasteiger partial charge in [-0.1, -0.05) is 78.4 Å². The standard InChI is InChI=1S/C28H27N5O/c1-20-14-16-23(17-15-20)32-24(34)28(21-10-4-2-5-11-21,22-12-6-3-7-13-22)33-26(32)30-25(29)31-27(33)18-8-9-19-27/h2-7,10-17H,8-9,18-19H2,1H3,(H2,29,31). The van der Waals surface area contributed by atoms with Crippen LogP contribution in [0.4, 0.5) is 5.69 Å². The first kappa shape index (κ1) is 20.7. The minimum Gasteiger partial charge on any atom is -0.368 e. The van der Waals surface area contributed by atoms with Crippen molar-refractivity contribution in [3.8, 4) is 0 Å². The molecule has 6 rings (SSSR count). The molecule has 6 nitrogen and oxygen atoms in total. The highest BCUT2D eigenvalue weighted by atomic mass is 16.2. The molecule has 1 amide bonds. The summed E-state index contributed by atoms with van der Waals surface area (Å²) in [5.74, 6) is 0.717. The van der Waals surface area contributed by atoms with E-state index in [0.717, 1.165) is 48.1 Å². The molecule has 3 aliphatic rings. The molecule has 1 saturated carbocycles. The van der Waals surface area contributed by atoms with Crippen LogP contribution in [0.15, 0.2) is 94.9 Å². The maximum Gasteiger partial charge on any atom is 0.269 e. The number of anilines is 1. The summed E-state index contributed by atoms with van der Waals surface area (Å²) in [7, 11) is 0. The van der Waals surface area contributed by atoms with Crippen LogP contribution in [0.3, 0.4) is 0 Å². The molecule has 0 aromatic heterocycles. The quantitative estimate of drug-likeness (QED) is 0.638. The van der Waals surface area contributed by atoms with Gasteiger partial charge in [-0.2, -0.15) is 4.99 Å². The Bertz CT molecular complexity index is 1250. The van der Waals surface area contributed by atoms with Gasteiger partial charge in [-0.25, -0.2) is 9.89 Å². The molecule has 3 aromatic rings. The van der Waals surface area contributed by atoms with Crippen LogP contribution in [-0.4, -0.2) is 28.4 Å². The second-order valence-electron chi connectivity index (χ2n) is 9.33. The zero-order chi connectivity index (χ0) is 23.3. The van der Waals surface area contributed by atoms with Gasteiger partial charge in [0.1, 0.15) is 5.66 Å². The molecule has 34 heavy (non-hydrogen) atoms. The van der Waals surface area contributed by atoms with E-state index in [0.29, 0.717) is 5.96 Å². The topological polar surface area (TPSA) is 74.3 Å². The number of aliphatic imine (C=N–C) groups is 2. The number of benzene rings is 3. The van der Waals surface area contributed by atoms with Gasteiger partial charge in [-0.3, -0.25) is 9.69 Å². The number of carbonyl (C=O) groups is 1. The van der Waals surface area contributed by atoms with Gasteiger partial charge < -0.3 is 5.73 Å². The lowest BCUT2D eigenvalue weighted by molar-refractivity contribution is -0.125. The molecule has 0 radical (unpaired) electrons. The zero-order valence-corrected chi connectivity index (χ0v) is 19.2. The van der Waals surface area contributed by atoms with Crippen LogP contribution in [0.2, 0.25) is 0 Å². The highest BCUT2D eigenvalue weighted by Gasteiger charge is 2.66. The molecule has 1 saturated heterocycles. The number of nitrogens with zero attached hydrogens (tertiary/aromatic N) is 4. The van der Waals surface area contributed by atoms with Crippen LogP contribution in [0.1, 0.15) is 42.4 Å². The second-order valence-corrected chi connectivity index (χ2v) is 9.33. The highest BCUT2D eigenvalue weighted by Crippen LogP contribution is 2.53. The smallest absolute Gasteiger partial charge is 0.269 e. The summed E-state index contributed by atoms with van der Waals surface area (Å²) in [6, 6.07) is 28.0. The average Bonchev–Trinajstić information content (AvgIpc) is 3.42. The number of amides is 1. The number of aryl methyl sites for hydroxylation is 1. The molecule has 1 aliphatic carbocycles. The Morgan fingerprint density at radius 2 is 1.38 bits per heavy atom. The maximum atomic E-state index is 14.8. The molecule has 2 fully saturated rings. The fraction of sp³-hybridized carbons (Fsp3) is 0.250. The third-order valence-electron chi connectivity index (χ3n) is 7.28. The molecule has 0 bridgehead atoms. The van der Waals surface area contributed by atoms with Gasteiger partial charge in [0.05, 0.1) is 5.69 Å². The summed E-state index contributed by atoms with van der Waals surface area (Å²) >= 11 is 0. The normalized spacial score (nSPS) is 20.3. The molecule has 2 aliphatic heterocycles. The van der Waals surface area contributed by atoms with Crippen molar-refractivity contribution >= 4 is 23.5 Å². The summed E-state index contributed by atoms with van der Waals surface area (Å²) in [5, 5.41) is 0. The number of nitrogens with two attached hydrogens (primary N) is 1. The monoisotopic (exact) mass is 449 g/mol. The lowest BCUT2D eigenvalue weighted by Gasteiger charge is -2.47. The SMILES string of the molecule is Cc1ccc(N2C(=O)C(c3ccccc3)(c3ccccc3)N3C2=NC(N)=NC32CCCC2)cc1. The third-order valence-corrected chi connectivity index (χ3v) is 7.28. The van der Waals surface area contributed by atoms with Crippen LogP contribution >= 0.6 is 0 Å². The van der Waals surface area contributed by atoms with Gasteiger partial charge in [-0.15, -0.1) is 0 Å². The number of guanidine groups is 2. The minimum atomic E-state index is -1.11. The zero-order valence-electron chi connectivity index (χ0n) is 19.2. The number of fused-ring (bicyclic) bond motifs is 2. The van der Waals surface area contributed by atoms with Gasteiger partial charge in [0.2, 0.25) is 11.9 Å². The summed E-state index contributed by atoms with van der Waals surface area (Å²) in [5.41, 5.74) is 8.28. The van der Waals surface area contributed by atoms with E-state index in [1.165, 1.54) is 0 Å². The van der Waals surface area contributed by atoms with Gasteiger partial charge >= 0.3 is 0 Å². The summed E-state index contributed by atoms with van der Waals surface area (Å²) < 4.78 is 0. The Morgan fingerprint density at radius 3 is 1.94 bits per heavy atom. The van der Waals surface area contributed by atoms with E-state index in [1.807, 2.05) is 91.9 Å². The fourth-order valence-corrected chi connectivity index (χ4v) is 5.82. The Hall–Kier alpha value is -3.93. The molecule has 2 N–H and O–H groups in total. The summed E-state index contributed by atoms with van der Waals surface area (Å²) in [4.78, 5) is 28.4. The van der Waals surface area contributed by atoms with E-state index >= 15 is 0 Å². The third kappa shape index (κ3) is 2.78. The van der Waals surface area contributed by atoms with Crippen molar-refractivity contribution < 1.29 is 4.79 Å². The predicted octanol–water partition coefficient (Wildman–Crippen LogP) is 4.54. The maximum absolute atomic E-state index is 14.8. The summed E-state index contributed by atoms with van der Waals surface area (Å²) in [6.07, 6.45) is 3.70. The van der Waals surface area contributed by atoms with Crippen LogP contribution in [0, 0.1) is 6.92 Å². The molecule has 2 heterocycles. The van der Waals surface area contributed by atoms with Crippen molar-refractivity contribution in [1.82, 2.24) is 4.90 Å². The molecule has 0 unspecified atom stereocenters. The van der Waals surface area contributed by atoms with Crippen LogP contribution in [0.5, 0.6) is 0 Å². The Kier molecular flexibility index (Phi) is 4.59. The second kappa shape index (κ2) is 7.55. The van der Waals surface area contributed by atoms with Gasteiger partial charge in [0.15, 0.2) is 5.54 Å². The Balaban J connectivity index is 1.70. The first-order valence-electron chi connectivity index (χ1n) is 11.8. The average molecular weight is 450 g/mol. The molecular formula is C28H27N5O. The molecule has 6 heteroatoms. The molecular weight excluding hydrogens is 422 g/mol. The van der Waals surface area contributed by atoms with Crippen molar-refractivity contribution in [2.45, 2.75) is 43.8 Å². The van der Waals surface area contributed by atoms with Crippen LogP contribution < -0.4 is 10.6 Å². The largest absolute Gasteiger partial charge is 0.368 e. The van der Waals surface area contributed by atoms with E-state index < -0.39 is 11.2 Å². The molecule has 1 spiro atoms. The van der Waals surface area contributed by atoms with Crippen molar-refractivity contribution in [3.63, 3.8) is 0 Å². The molecule has 0 atom stereocenters. The predicted molar refractivity (Wildman–Crippen MR) is 134 cm³/mol. The first-order valence-corrected chi connectivity index (χ1v) is 11.8. The number of rotatable bonds is 3. The number of hydrogen-bond donors (Lipinski definition) is 1. The molecule has 3 aromatic carbocycles. The summed E-state index contributed by atoms with van der Waals surface area (Å²) in [6.45, 7) is 2.04. The van der Waals surface area contributed by atoms with Gasteiger partial charge in [0, 0.05) is 0 Å². The lowest BCUT2D eigenvalue weighted by atomic mass is 9.79. The van der Waals surface area contributed by atoms with Crippen molar-refractivity contribution in [2.24, 2.45) is 15.7 Å². The van der Waals surface area contributed by atoms with Gasteiger partial charge in [-0.05, 0) is 55.9 Å². The van der Waals surface area contributed by atoms with Crippen LogP contribution in [0.25, 0.3) is 0 Å². The van der Waals surface area contributed by atoms with Crippen molar-refractivity contribution in [2.75, 3.05) is 4.90 Å². The van der Waals surface area contributed by atoms with E-state index in [2.05, 4.69) is 4.90 Å². The Labute approximate surface area is 199 Å². The van der Waals surface area contributed by atoms with Gasteiger partial charge in [0.25, 0.3) is 5.91 Å². The lowest BCUT2D eigenvalue weighted by Crippen LogP contribution is -2.60. The highest BCUT2D eigenvalue weighted by molar-refractivity contribution is 6.28. The number of hydrogen-bond acceptors (Lipinski definition) is 5. The van der Waals surface area contributed by atoms with Crippen molar-refractivity contribution in [3.05, 3.63) is 102 Å². The molecule has 170 valence electrons. The van der Waals surface area contributed by atoms with E-state index in [1.54, 1.807) is 4.90 Å². The van der Waals surface area contributed by atoms with E-state index in [9.17, 15) is 4.79 Å². The van der Waals surface area contributed by atoms with E-state index in [-0.39, 0.29) is 11.9 Å². The fourth-order valence-electron chi connectivity index (χ4n) is 5.82. The minimum absolute atomic E-state index is 0.0660. The van der Waals surface area contributed by atoms with Crippen LogP contribution in [-0.2, 0) is 10.3 Å².